The lowest BCUT2D eigenvalue weighted by atomic mass is 9.74. The van der Waals surface area contributed by atoms with Crippen molar-refractivity contribution in [1.82, 2.24) is 0 Å². The Morgan fingerprint density at radius 2 is 1.42 bits per heavy atom. The lowest BCUT2D eigenvalue weighted by molar-refractivity contribution is -0.137. The van der Waals surface area contributed by atoms with Crippen LogP contribution in [-0.2, 0) is 11.8 Å². The van der Waals surface area contributed by atoms with Crippen molar-refractivity contribution in [3.05, 3.63) is 35.4 Å². The average molecular weight is 272 g/mol. The predicted molar refractivity (Wildman–Crippen MR) is 67.6 cm³/mol. The molecule has 0 heterocycles. The van der Waals surface area contributed by atoms with E-state index in [1.54, 1.807) is 6.92 Å². The molecule has 0 aliphatic heterocycles. The monoisotopic (exact) mass is 272 g/mol. The van der Waals surface area contributed by atoms with E-state index in [-0.39, 0.29) is 5.92 Å². The van der Waals surface area contributed by atoms with Gasteiger partial charge in [-0.3, -0.25) is 0 Å². The second kappa shape index (κ2) is 5.16. The summed E-state index contributed by atoms with van der Waals surface area (Å²) in [5, 5.41) is 10.6. The molecule has 0 aromatic heterocycles. The van der Waals surface area contributed by atoms with Crippen LogP contribution in [0.1, 0.15) is 50.2 Å². The molecule has 1 unspecified atom stereocenters. The van der Waals surface area contributed by atoms with Gasteiger partial charge in [0.1, 0.15) is 0 Å². The number of hydrogen-bond acceptors (Lipinski definition) is 1. The van der Waals surface area contributed by atoms with Crippen LogP contribution >= 0.6 is 0 Å². The van der Waals surface area contributed by atoms with E-state index in [1.165, 1.54) is 18.6 Å². The Hall–Kier alpha value is -1.03. The molecule has 1 atom stereocenters. The predicted octanol–water partition coefficient (Wildman–Crippen LogP) is 4.49. The first-order chi connectivity index (χ1) is 8.82. The molecule has 0 radical (unpaired) electrons. The molecule has 106 valence electrons. The molecule has 4 heteroatoms. The first kappa shape index (κ1) is 14.4. The van der Waals surface area contributed by atoms with Crippen molar-refractivity contribution >= 4 is 0 Å². The van der Waals surface area contributed by atoms with Gasteiger partial charge in [-0.05, 0) is 43.4 Å². The second-order valence-corrected chi connectivity index (χ2v) is 5.56. The van der Waals surface area contributed by atoms with Gasteiger partial charge in [-0.15, -0.1) is 0 Å². The molecule has 1 saturated carbocycles. The zero-order valence-corrected chi connectivity index (χ0v) is 11.0. The van der Waals surface area contributed by atoms with Crippen molar-refractivity contribution < 1.29 is 18.3 Å². The maximum absolute atomic E-state index is 12.5. The molecule has 1 fully saturated rings. The molecule has 2 rings (SSSR count). The lowest BCUT2D eigenvalue weighted by Crippen LogP contribution is -2.33. The van der Waals surface area contributed by atoms with Crippen LogP contribution in [-0.4, -0.2) is 5.11 Å². The largest absolute Gasteiger partial charge is 0.416 e. The quantitative estimate of drug-likeness (QED) is 0.840. The van der Waals surface area contributed by atoms with Gasteiger partial charge in [-0.25, -0.2) is 0 Å². The zero-order valence-electron chi connectivity index (χ0n) is 11.0. The van der Waals surface area contributed by atoms with Gasteiger partial charge in [0.2, 0.25) is 0 Å². The fourth-order valence-corrected chi connectivity index (χ4v) is 2.90. The van der Waals surface area contributed by atoms with Crippen molar-refractivity contribution in [3.8, 4) is 0 Å². The van der Waals surface area contributed by atoms with E-state index in [1.807, 2.05) is 0 Å². The van der Waals surface area contributed by atoms with Gasteiger partial charge in [0.15, 0.2) is 0 Å². The first-order valence-corrected chi connectivity index (χ1v) is 6.72. The molecule has 1 aromatic carbocycles. The summed E-state index contributed by atoms with van der Waals surface area (Å²) in [5.41, 5.74) is -1.13. The SMILES string of the molecule is CC(O)(c1ccc(C(F)(F)F)cc1)C1CCCCC1. The number of alkyl halides is 3. The number of rotatable bonds is 2. The first-order valence-electron chi connectivity index (χ1n) is 6.72. The highest BCUT2D eigenvalue weighted by Gasteiger charge is 2.35. The number of benzene rings is 1. The smallest absolute Gasteiger partial charge is 0.385 e. The maximum Gasteiger partial charge on any atom is 0.416 e. The van der Waals surface area contributed by atoms with Crippen LogP contribution in [0.2, 0.25) is 0 Å². The van der Waals surface area contributed by atoms with Gasteiger partial charge in [0.05, 0.1) is 11.2 Å². The molecule has 0 bridgehead atoms. The number of aliphatic hydroxyl groups is 1. The van der Waals surface area contributed by atoms with Gasteiger partial charge >= 0.3 is 6.18 Å². The minimum atomic E-state index is -4.32. The van der Waals surface area contributed by atoms with E-state index >= 15 is 0 Å². The van der Waals surface area contributed by atoms with E-state index in [0.717, 1.165) is 37.8 Å². The highest BCUT2D eigenvalue weighted by Crippen LogP contribution is 2.39. The van der Waals surface area contributed by atoms with E-state index in [9.17, 15) is 18.3 Å². The molecule has 0 amide bonds. The molecule has 19 heavy (non-hydrogen) atoms. The molecular formula is C15H19F3O. The fraction of sp³-hybridized carbons (Fsp3) is 0.600. The van der Waals surface area contributed by atoms with E-state index in [4.69, 9.17) is 0 Å². The average Bonchev–Trinajstić information content (AvgIpc) is 2.39. The molecular weight excluding hydrogens is 253 g/mol. The minimum absolute atomic E-state index is 0.137. The van der Waals surface area contributed by atoms with E-state index in [0.29, 0.717) is 5.56 Å². The summed E-state index contributed by atoms with van der Waals surface area (Å²) in [7, 11) is 0. The zero-order chi connectivity index (χ0) is 14.1. The van der Waals surface area contributed by atoms with Crippen molar-refractivity contribution in [3.63, 3.8) is 0 Å². The van der Waals surface area contributed by atoms with Crippen LogP contribution in [0.4, 0.5) is 13.2 Å². The summed E-state index contributed by atoms with van der Waals surface area (Å²) < 4.78 is 37.5. The highest BCUT2D eigenvalue weighted by atomic mass is 19.4. The molecule has 1 aromatic rings. The van der Waals surface area contributed by atoms with Crippen LogP contribution < -0.4 is 0 Å². The van der Waals surface area contributed by atoms with Crippen molar-refractivity contribution in [2.24, 2.45) is 5.92 Å². The van der Waals surface area contributed by atoms with E-state index in [2.05, 4.69) is 0 Å². The lowest BCUT2D eigenvalue weighted by Gasteiger charge is -2.36. The summed E-state index contributed by atoms with van der Waals surface area (Å²) >= 11 is 0. The summed E-state index contributed by atoms with van der Waals surface area (Å²) in [6.45, 7) is 1.71. The maximum atomic E-state index is 12.5. The van der Waals surface area contributed by atoms with Gasteiger partial charge in [0, 0.05) is 0 Å². The minimum Gasteiger partial charge on any atom is -0.385 e. The molecule has 0 saturated heterocycles. The third-order valence-electron chi connectivity index (χ3n) is 4.20. The van der Waals surface area contributed by atoms with Crippen molar-refractivity contribution in [2.45, 2.75) is 50.8 Å². The van der Waals surface area contributed by atoms with Gasteiger partial charge < -0.3 is 5.11 Å². The topological polar surface area (TPSA) is 20.2 Å². The van der Waals surface area contributed by atoms with E-state index < -0.39 is 17.3 Å². The van der Waals surface area contributed by atoms with Gasteiger partial charge in [-0.1, -0.05) is 31.4 Å². The van der Waals surface area contributed by atoms with Crippen molar-refractivity contribution in [1.29, 1.82) is 0 Å². The van der Waals surface area contributed by atoms with Gasteiger partial charge in [-0.2, -0.15) is 13.2 Å². The molecule has 1 aliphatic rings. The summed E-state index contributed by atoms with van der Waals surface area (Å²) in [6.07, 6.45) is 0.903. The number of hydrogen-bond donors (Lipinski definition) is 1. The Labute approximate surface area is 111 Å². The third-order valence-corrected chi connectivity index (χ3v) is 4.20. The van der Waals surface area contributed by atoms with Crippen LogP contribution in [0.15, 0.2) is 24.3 Å². The van der Waals surface area contributed by atoms with Crippen molar-refractivity contribution in [2.75, 3.05) is 0 Å². The summed E-state index contributed by atoms with van der Waals surface area (Å²) in [4.78, 5) is 0. The third kappa shape index (κ3) is 3.11. The molecule has 1 N–H and O–H groups in total. The van der Waals surface area contributed by atoms with Crippen LogP contribution in [0.25, 0.3) is 0 Å². The normalized spacial score (nSPS) is 21.1. The number of halogens is 3. The molecule has 0 spiro atoms. The van der Waals surface area contributed by atoms with Crippen LogP contribution in [0.3, 0.4) is 0 Å². The Balaban J connectivity index is 2.20. The summed E-state index contributed by atoms with van der Waals surface area (Å²) in [5.74, 6) is 0.137. The second-order valence-electron chi connectivity index (χ2n) is 5.56. The molecule has 1 nitrogen and oxygen atoms in total. The van der Waals surface area contributed by atoms with Crippen LogP contribution in [0, 0.1) is 5.92 Å². The Morgan fingerprint density at radius 3 is 1.89 bits per heavy atom. The summed E-state index contributed by atoms with van der Waals surface area (Å²) in [6, 6.07) is 4.90. The standard InChI is InChI=1S/C15H19F3O/c1-14(19,11-5-3-2-4-6-11)12-7-9-13(10-8-12)15(16,17)18/h7-11,19H,2-6H2,1H3. The Bertz CT molecular complexity index is 414. The Morgan fingerprint density at radius 1 is 0.947 bits per heavy atom. The highest BCUT2D eigenvalue weighted by molar-refractivity contribution is 5.29. The fourth-order valence-electron chi connectivity index (χ4n) is 2.90. The molecule has 1 aliphatic carbocycles. The Kier molecular flexibility index (Phi) is 3.90. The van der Waals surface area contributed by atoms with Crippen LogP contribution in [0.5, 0.6) is 0 Å². The van der Waals surface area contributed by atoms with Gasteiger partial charge in [0.25, 0.3) is 0 Å².